The SMILES string of the molecule is COc1ccc(C2c3c(cc(C(C)(C)O)cc3[Si](C)(C)C)Cn3c2c(CCN2C(=O)c4ccccc4C2=O)c2ccccc23)cc1. The van der Waals surface area contributed by atoms with Crippen LogP contribution in [-0.4, -0.2) is 48.1 Å². The van der Waals surface area contributed by atoms with Gasteiger partial charge in [-0.05, 0) is 78.4 Å². The summed E-state index contributed by atoms with van der Waals surface area (Å²) in [6, 6.07) is 28.4. The summed E-state index contributed by atoms with van der Waals surface area (Å²) in [5.74, 6) is 0.260. The van der Waals surface area contributed by atoms with Gasteiger partial charge in [-0.2, -0.15) is 0 Å². The van der Waals surface area contributed by atoms with Crippen LogP contribution in [0.15, 0.2) is 84.9 Å². The molecular formula is C39H40N2O4Si. The number of rotatable bonds is 7. The molecule has 0 radical (unpaired) electrons. The molecular weight excluding hydrogens is 589 g/mol. The Hall–Kier alpha value is -4.46. The van der Waals surface area contributed by atoms with E-state index in [1.165, 1.54) is 26.9 Å². The highest BCUT2D eigenvalue weighted by atomic mass is 28.3. The van der Waals surface area contributed by atoms with E-state index in [0.29, 0.717) is 30.6 Å². The molecule has 7 rings (SSSR count). The van der Waals surface area contributed by atoms with Crippen molar-refractivity contribution in [2.24, 2.45) is 0 Å². The number of carbonyl (C=O) groups is 2. The predicted molar refractivity (Wildman–Crippen MR) is 185 cm³/mol. The van der Waals surface area contributed by atoms with Crippen LogP contribution in [0.1, 0.15) is 74.0 Å². The fraction of sp³-hybridized carbons (Fsp3) is 0.282. The van der Waals surface area contributed by atoms with E-state index < -0.39 is 13.7 Å². The van der Waals surface area contributed by atoms with Gasteiger partial charge in [0.25, 0.3) is 11.8 Å². The van der Waals surface area contributed by atoms with Gasteiger partial charge in [-0.15, -0.1) is 0 Å². The molecule has 1 unspecified atom stereocenters. The summed E-state index contributed by atoms with van der Waals surface area (Å²) in [4.78, 5) is 28.1. The van der Waals surface area contributed by atoms with E-state index in [-0.39, 0.29) is 17.7 Å². The Morgan fingerprint density at radius 2 is 1.52 bits per heavy atom. The Balaban J connectivity index is 1.45. The highest BCUT2D eigenvalue weighted by Gasteiger charge is 2.39. The smallest absolute Gasteiger partial charge is 0.261 e. The maximum absolute atomic E-state index is 13.4. The minimum Gasteiger partial charge on any atom is -0.497 e. The molecule has 6 nitrogen and oxygen atoms in total. The second kappa shape index (κ2) is 10.8. The van der Waals surface area contributed by atoms with Crippen molar-refractivity contribution < 1.29 is 19.4 Å². The summed E-state index contributed by atoms with van der Waals surface area (Å²) in [5.41, 5.74) is 8.08. The number of aliphatic hydroxyl groups is 1. The van der Waals surface area contributed by atoms with E-state index in [1.54, 1.807) is 19.2 Å². The molecule has 2 aliphatic rings. The van der Waals surface area contributed by atoms with Gasteiger partial charge >= 0.3 is 0 Å². The summed E-state index contributed by atoms with van der Waals surface area (Å²) in [6.07, 6.45) is 0.542. The standard InChI is InChI=1S/C39H40N2O4Si/c1-39(2,44)26-21-25-23-41-32-14-10-9-11-28(32)29(19-20-40-37(42)30-12-7-8-13-31(30)38(40)43)36(41)35(24-15-17-27(45-3)18-16-24)34(25)33(22-26)46(4,5)6/h7-18,21-22,35,44H,19-20,23H2,1-6H3. The maximum atomic E-state index is 13.4. The monoisotopic (exact) mass is 628 g/mol. The second-order valence-electron chi connectivity index (χ2n) is 14.1. The summed E-state index contributed by atoms with van der Waals surface area (Å²) in [5, 5.41) is 13.7. The van der Waals surface area contributed by atoms with Gasteiger partial charge in [0.15, 0.2) is 0 Å². The molecule has 0 fully saturated rings. The number of benzene rings is 4. The Morgan fingerprint density at radius 1 is 0.891 bits per heavy atom. The topological polar surface area (TPSA) is 71.8 Å². The zero-order chi connectivity index (χ0) is 32.5. The van der Waals surface area contributed by atoms with Crippen molar-refractivity contribution in [3.8, 4) is 5.75 Å². The molecule has 46 heavy (non-hydrogen) atoms. The van der Waals surface area contributed by atoms with Gasteiger partial charge in [-0.25, -0.2) is 0 Å². The third-order valence-corrected chi connectivity index (χ3v) is 11.7. The van der Waals surface area contributed by atoms with E-state index >= 15 is 0 Å². The van der Waals surface area contributed by atoms with Crippen molar-refractivity contribution in [3.63, 3.8) is 0 Å². The lowest BCUT2D eigenvalue weighted by Crippen LogP contribution is -2.44. The molecule has 4 aromatic carbocycles. The third-order valence-electron chi connectivity index (χ3n) is 9.70. The predicted octanol–water partition coefficient (Wildman–Crippen LogP) is 6.80. The number of hydrogen-bond acceptors (Lipinski definition) is 4. The first-order chi connectivity index (χ1) is 21.9. The van der Waals surface area contributed by atoms with Crippen molar-refractivity contribution in [2.75, 3.05) is 13.7 Å². The van der Waals surface area contributed by atoms with Crippen LogP contribution >= 0.6 is 0 Å². The fourth-order valence-electron chi connectivity index (χ4n) is 7.41. The second-order valence-corrected chi connectivity index (χ2v) is 19.2. The van der Waals surface area contributed by atoms with Crippen molar-refractivity contribution in [3.05, 3.63) is 130 Å². The van der Waals surface area contributed by atoms with Crippen molar-refractivity contribution in [1.29, 1.82) is 0 Å². The lowest BCUT2D eigenvalue weighted by atomic mass is 9.79. The molecule has 0 saturated heterocycles. The van der Waals surface area contributed by atoms with Gasteiger partial charge in [0.2, 0.25) is 0 Å². The van der Waals surface area contributed by atoms with E-state index in [4.69, 9.17) is 4.74 Å². The minimum absolute atomic E-state index is 0.0863. The summed E-state index contributed by atoms with van der Waals surface area (Å²) in [6.45, 7) is 11.8. The molecule has 2 amide bonds. The van der Waals surface area contributed by atoms with Crippen LogP contribution in [-0.2, 0) is 18.6 Å². The molecule has 0 bridgehead atoms. The Morgan fingerprint density at radius 3 is 2.13 bits per heavy atom. The van der Waals surface area contributed by atoms with Crippen LogP contribution in [0.4, 0.5) is 0 Å². The Kier molecular flexibility index (Phi) is 7.10. The number of fused-ring (bicyclic) bond motifs is 5. The molecule has 3 heterocycles. The molecule has 0 saturated carbocycles. The molecule has 1 atom stereocenters. The van der Waals surface area contributed by atoms with Gasteiger partial charge in [0, 0.05) is 35.6 Å². The molecule has 234 valence electrons. The van der Waals surface area contributed by atoms with Crippen molar-refractivity contribution in [1.82, 2.24) is 9.47 Å². The van der Waals surface area contributed by atoms with Gasteiger partial charge < -0.3 is 14.4 Å². The van der Waals surface area contributed by atoms with E-state index in [0.717, 1.165) is 33.3 Å². The van der Waals surface area contributed by atoms with Crippen LogP contribution in [0.2, 0.25) is 19.6 Å². The first-order valence-electron chi connectivity index (χ1n) is 16.0. The number of carbonyl (C=O) groups excluding carboxylic acids is 2. The van der Waals surface area contributed by atoms with Crippen LogP contribution < -0.4 is 9.92 Å². The lowest BCUT2D eigenvalue weighted by molar-refractivity contribution is 0.0655. The average molecular weight is 629 g/mol. The van der Waals surface area contributed by atoms with E-state index in [2.05, 4.69) is 72.7 Å². The number of para-hydroxylation sites is 1. The molecule has 7 heteroatoms. The van der Waals surface area contributed by atoms with Crippen LogP contribution in [0, 0.1) is 0 Å². The number of aromatic nitrogens is 1. The minimum atomic E-state index is -1.93. The van der Waals surface area contributed by atoms with Crippen molar-refractivity contribution >= 4 is 36.0 Å². The number of imide groups is 1. The first-order valence-corrected chi connectivity index (χ1v) is 19.5. The Labute approximate surface area is 271 Å². The number of ether oxygens (including phenoxy) is 1. The molecule has 0 spiro atoms. The van der Waals surface area contributed by atoms with Crippen molar-refractivity contribution in [2.45, 2.75) is 58.0 Å². The zero-order valence-electron chi connectivity index (χ0n) is 27.3. The molecule has 0 aliphatic carbocycles. The fourth-order valence-corrected chi connectivity index (χ4v) is 9.11. The molecule has 5 aromatic rings. The van der Waals surface area contributed by atoms with Crippen LogP contribution in [0.5, 0.6) is 5.75 Å². The number of hydrogen-bond donors (Lipinski definition) is 1. The molecule has 1 N–H and O–H groups in total. The zero-order valence-corrected chi connectivity index (χ0v) is 28.3. The molecule has 1 aromatic heterocycles. The van der Waals surface area contributed by atoms with E-state index in [9.17, 15) is 14.7 Å². The first kappa shape index (κ1) is 30.2. The van der Waals surface area contributed by atoms with Crippen LogP contribution in [0.25, 0.3) is 10.9 Å². The van der Waals surface area contributed by atoms with Gasteiger partial charge in [0.1, 0.15) is 5.75 Å². The third kappa shape index (κ3) is 4.81. The highest BCUT2D eigenvalue weighted by molar-refractivity contribution is 6.89. The average Bonchev–Trinajstić information content (AvgIpc) is 3.47. The van der Waals surface area contributed by atoms with E-state index in [1.807, 2.05) is 38.1 Å². The molecule has 2 aliphatic heterocycles. The summed E-state index contributed by atoms with van der Waals surface area (Å²) < 4.78 is 7.97. The largest absolute Gasteiger partial charge is 0.497 e. The Bertz CT molecular complexity index is 1990. The number of nitrogens with zero attached hydrogens (tertiary/aromatic N) is 2. The quantitative estimate of drug-likeness (QED) is 0.156. The normalized spacial score (nSPS) is 16.1. The lowest BCUT2D eigenvalue weighted by Gasteiger charge is -2.36. The summed E-state index contributed by atoms with van der Waals surface area (Å²) >= 11 is 0. The number of methoxy groups -OCH3 is 1. The maximum Gasteiger partial charge on any atom is 0.261 e. The number of amides is 2. The van der Waals surface area contributed by atoms with Gasteiger partial charge in [-0.3, -0.25) is 14.5 Å². The van der Waals surface area contributed by atoms with Crippen LogP contribution in [0.3, 0.4) is 0 Å². The van der Waals surface area contributed by atoms with Gasteiger partial charge in [0.05, 0.1) is 31.9 Å². The summed E-state index contributed by atoms with van der Waals surface area (Å²) in [7, 11) is -0.248. The van der Waals surface area contributed by atoms with Gasteiger partial charge in [-0.1, -0.05) is 79.4 Å². The highest BCUT2D eigenvalue weighted by Crippen LogP contribution is 2.45.